The van der Waals surface area contributed by atoms with Crippen LogP contribution in [0.15, 0.2) is 24.3 Å². The van der Waals surface area contributed by atoms with Gasteiger partial charge in [-0.3, -0.25) is 4.79 Å². The van der Waals surface area contributed by atoms with Crippen molar-refractivity contribution in [1.82, 2.24) is 15.1 Å². The third-order valence-electron chi connectivity index (χ3n) is 4.79. The van der Waals surface area contributed by atoms with Gasteiger partial charge in [0.25, 0.3) is 0 Å². The number of hydrogen-bond acceptors (Lipinski definition) is 3. The van der Waals surface area contributed by atoms with Crippen molar-refractivity contribution >= 4 is 17.6 Å². The smallest absolute Gasteiger partial charge is 0.317 e. The second-order valence-electron chi connectivity index (χ2n) is 6.64. The van der Waals surface area contributed by atoms with Gasteiger partial charge in [-0.1, -0.05) is 6.92 Å². The Labute approximate surface area is 147 Å². The van der Waals surface area contributed by atoms with Gasteiger partial charge in [0.15, 0.2) is 0 Å². The number of hydrogen-bond donors (Lipinski definition) is 1. The lowest BCUT2D eigenvalue weighted by molar-refractivity contribution is -0.127. The summed E-state index contributed by atoms with van der Waals surface area (Å²) in [5.74, 6) is -0.127. The van der Waals surface area contributed by atoms with E-state index in [-0.39, 0.29) is 23.8 Å². The number of piperazine rings is 1. The second kappa shape index (κ2) is 7.72. The number of anilines is 1. The van der Waals surface area contributed by atoms with Crippen molar-refractivity contribution < 1.29 is 14.0 Å². The first-order valence-corrected chi connectivity index (χ1v) is 8.90. The summed E-state index contributed by atoms with van der Waals surface area (Å²) in [6, 6.07) is 6.23. The van der Waals surface area contributed by atoms with Gasteiger partial charge in [0.1, 0.15) is 5.82 Å². The van der Waals surface area contributed by atoms with Crippen molar-refractivity contribution in [2.45, 2.75) is 25.8 Å². The Balaban J connectivity index is 1.47. The van der Waals surface area contributed by atoms with E-state index in [0.29, 0.717) is 39.1 Å². The van der Waals surface area contributed by atoms with E-state index < -0.39 is 0 Å². The number of rotatable bonds is 4. The minimum atomic E-state index is -0.245. The summed E-state index contributed by atoms with van der Waals surface area (Å²) in [6.07, 6.45) is 1.32. The predicted octanol–water partition coefficient (Wildman–Crippen LogP) is 1.67. The van der Waals surface area contributed by atoms with Crippen molar-refractivity contribution in [2.75, 3.05) is 44.2 Å². The summed E-state index contributed by atoms with van der Waals surface area (Å²) in [5.41, 5.74) is 0.970. The Kier molecular flexibility index (Phi) is 5.40. The van der Waals surface area contributed by atoms with Gasteiger partial charge in [0.05, 0.1) is 6.04 Å². The largest absolute Gasteiger partial charge is 0.368 e. The van der Waals surface area contributed by atoms with Crippen LogP contribution in [0.1, 0.15) is 19.8 Å². The first kappa shape index (κ1) is 17.5. The zero-order valence-electron chi connectivity index (χ0n) is 14.6. The second-order valence-corrected chi connectivity index (χ2v) is 6.64. The molecule has 6 nitrogen and oxygen atoms in total. The van der Waals surface area contributed by atoms with Crippen LogP contribution < -0.4 is 10.2 Å². The molecule has 0 radical (unpaired) electrons. The van der Waals surface area contributed by atoms with Gasteiger partial charge in [0.2, 0.25) is 5.91 Å². The third kappa shape index (κ3) is 4.21. The molecule has 1 aromatic rings. The number of amides is 3. The fraction of sp³-hybridized carbons (Fsp3) is 0.556. The molecular weight excluding hydrogens is 323 g/mol. The molecule has 0 saturated carbocycles. The maximum atomic E-state index is 13.0. The number of likely N-dealkylation sites (tertiary alicyclic amines) is 1. The molecule has 2 heterocycles. The van der Waals surface area contributed by atoms with Gasteiger partial charge < -0.3 is 20.0 Å². The Morgan fingerprint density at radius 3 is 2.52 bits per heavy atom. The predicted molar refractivity (Wildman–Crippen MR) is 94.0 cm³/mol. The summed E-state index contributed by atoms with van der Waals surface area (Å²) in [7, 11) is 0. The van der Waals surface area contributed by atoms with Crippen LogP contribution in [0.5, 0.6) is 0 Å². The molecule has 1 atom stereocenters. The Morgan fingerprint density at radius 2 is 1.88 bits per heavy atom. The topological polar surface area (TPSA) is 55.9 Å². The summed E-state index contributed by atoms with van der Waals surface area (Å²) >= 11 is 0. The first-order valence-electron chi connectivity index (χ1n) is 8.90. The molecule has 2 aliphatic rings. The first-order chi connectivity index (χ1) is 12.1. The number of halogens is 1. The van der Waals surface area contributed by atoms with E-state index in [1.54, 1.807) is 17.0 Å². The number of benzene rings is 1. The van der Waals surface area contributed by atoms with Crippen LogP contribution in [0, 0.1) is 5.82 Å². The molecule has 2 aliphatic heterocycles. The number of carbonyl (C=O) groups excluding carboxylic acids is 2. The monoisotopic (exact) mass is 348 g/mol. The highest BCUT2D eigenvalue weighted by atomic mass is 19.1. The maximum Gasteiger partial charge on any atom is 0.317 e. The van der Waals surface area contributed by atoms with Gasteiger partial charge in [-0.15, -0.1) is 0 Å². The molecule has 3 rings (SSSR count). The van der Waals surface area contributed by atoms with Crippen LogP contribution in [0.4, 0.5) is 14.9 Å². The average molecular weight is 348 g/mol. The van der Waals surface area contributed by atoms with Crippen LogP contribution in [0.3, 0.4) is 0 Å². The maximum absolute atomic E-state index is 13.0. The fourth-order valence-electron chi connectivity index (χ4n) is 3.44. The molecule has 2 saturated heterocycles. The normalized spacial score (nSPS) is 21.0. The van der Waals surface area contributed by atoms with Gasteiger partial charge >= 0.3 is 6.03 Å². The molecule has 0 aromatic heterocycles. The van der Waals surface area contributed by atoms with Crippen molar-refractivity contribution in [1.29, 1.82) is 0 Å². The van der Waals surface area contributed by atoms with Crippen LogP contribution in [0.25, 0.3) is 0 Å². The van der Waals surface area contributed by atoms with Gasteiger partial charge in [0, 0.05) is 51.4 Å². The van der Waals surface area contributed by atoms with E-state index in [9.17, 15) is 14.0 Å². The quantitative estimate of drug-likeness (QED) is 0.901. The zero-order valence-corrected chi connectivity index (χ0v) is 14.6. The minimum absolute atomic E-state index is 0.0957. The van der Waals surface area contributed by atoms with Crippen LogP contribution in [-0.2, 0) is 4.79 Å². The highest BCUT2D eigenvalue weighted by Gasteiger charge is 2.31. The molecule has 136 valence electrons. The number of urea groups is 1. The summed E-state index contributed by atoms with van der Waals surface area (Å²) in [4.78, 5) is 30.1. The van der Waals surface area contributed by atoms with E-state index in [1.807, 2.05) is 11.8 Å². The molecule has 0 bridgehead atoms. The Hall–Kier alpha value is -2.31. The van der Waals surface area contributed by atoms with E-state index in [4.69, 9.17) is 0 Å². The molecule has 25 heavy (non-hydrogen) atoms. The Morgan fingerprint density at radius 1 is 1.20 bits per heavy atom. The lowest BCUT2D eigenvalue weighted by Gasteiger charge is -2.36. The number of nitrogens with one attached hydrogen (secondary N) is 1. The molecule has 2 fully saturated rings. The molecule has 1 aromatic carbocycles. The van der Waals surface area contributed by atoms with E-state index in [1.165, 1.54) is 12.1 Å². The van der Waals surface area contributed by atoms with Gasteiger partial charge in [-0.25, -0.2) is 9.18 Å². The summed E-state index contributed by atoms with van der Waals surface area (Å²) in [6.45, 7) is 6.05. The molecule has 0 spiro atoms. The van der Waals surface area contributed by atoms with E-state index >= 15 is 0 Å². The molecule has 3 amide bonds. The number of carbonyl (C=O) groups is 2. The minimum Gasteiger partial charge on any atom is -0.368 e. The average Bonchev–Trinajstić information content (AvgIpc) is 2.95. The van der Waals surface area contributed by atoms with Crippen LogP contribution in [0.2, 0.25) is 0 Å². The van der Waals surface area contributed by atoms with Crippen LogP contribution >= 0.6 is 0 Å². The highest BCUT2D eigenvalue weighted by Crippen LogP contribution is 2.17. The van der Waals surface area contributed by atoms with Crippen molar-refractivity contribution in [3.8, 4) is 0 Å². The van der Waals surface area contributed by atoms with Crippen LogP contribution in [-0.4, -0.2) is 67.0 Å². The van der Waals surface area contributed by atoms with Crippen molar-refractivity contribution in [3.63, 3.8) is 0 Å². The Bertz CT molecular complexity index is 614. The van der Waals surface area contributed by atoms with Gasteiger partial charge in [-0.2, -0.15) is 0 Å². The fourth-order valence-corrected chi connectivity index (χ4v) is 3.44. The molecule has 1 N–H and O–H groups in total. The van der Waals surface area contributed by atoms with Crippen molar-refractivity contribution in [2.24, 2.45) is 0 Å². The summed E-state index contributed by atoms with van der Waals surface area (Å²) in [5, 5.41) is 2.99. The lowest BCUT2D eigenvalue weighted by Crippen LogP contribution is -2.53. The SMILES string of the molecule is CCCN1C[C@@H](NC(=O)N2CCN(c3ccc(F)cc3)CC2)CC1=O. The number of nitrogens with zero attached hydrogens (tertiary/aromatic N) is 3. The third-order valence-corrected chi connectivity index (χ3v) is 4.79. The summed E-state index contributed by atoms with van der Waals surface area (Å²) < 4.78 is 13.0. The van der Waals surface area contributed by atoms with Crippen molar-refractivity contribution in [3.05, 3.63) is 30.1 Å². The molecule has 0 unspecified atom stereocenters. The van der Waals surface area contributed by atoms with E-state index in [2.05, 4.69) is 10.2 Å². The standard InChI is InChI=1S/C18H25FN4O2/c1-2-7-23-13-15(12-17(23)24)20-18(25)22-10-8-21(9-11-22)16-5-3-14(19)4-6-16/h3-6,15H,2,7-13H2,1H3,(H,20,25)/t15-/m0/s1. The highest BCUT2D eigenvalue weighted by molar-refractivity contribution is 5.81. The lowest BCUT2D eigenvalue weighted by atomic mass is 10.2. The molecule has 0 aliphatic carbocycles. The molecular formula is C18H25FN4O2. The van der Waals surface area contributed by atoms with Gasteiger partial charge in [-0.05, 0) is 30.7 Å². The molecule has 7 heteroatoms. The zero-order chi connectivity index (χ0) is 17.8. The van der Waals surface area contributed by atoms with E-state index in [0.717, 1.165) is 18.7 Å².